The van der Waals surface area contributed by atoms with E-state index in [2.05, 4.69) is 0 Å². The average Bonchev–Trinajstić information content (AvgIpc) is 2.17. The van der Waals surface area contributed by atoms with Crippen molar-refractivity contribution >= 4 is 5.97 Å². The Morgan fingerprint density at radius 1 is 1.24 bits per heavy atom. The molecule has 3 heteroatoms. The van der Waals surface area contributed by atoms with E-state index in [1.807, 2.05) is 24.3 Å². The number of carbonyl (C=O) groups is 1. The highest BCUT2D eigenvalue weighted by atomic mass is 16.4. The summed E-state index contributed by atoms with van der Waals surface area (Å²) in [4.78, 5) is 10.5. The molecule has 94 valence electrons. The van der Waals surface area contributed by atoms with Crippen LogP contribution in [0.4, 0.5) is 0 Å². The summed E-state index contributed by atoms with van der Waals surface area (Å²) in [5.41, 5.74) is 1.50. The first-order valence-electron chi connectivity index (χ1n) is 5.89. The summed E-state index contributed by atoms with van der Waals surface area (Å²) in [5, 5.41) is 18.4. The molecule has 0 heterocycles. The maximum Gasteiger partial charge on any atom is 0.303 e. The number of carboxylic acid groups (broad SMARTS) is 1. The molecule has 0 saturated carbocycles. The van der Waals surface area contributed by atoms with Gasteiger partial charge in [-0.25, -0.2) is 0 Å². The number of carboxylic acids is 1. The van der Waals surface area contributed by atoms with E-state index >= 15 is 0 Å². The first-order valence-corrected chi connectivity index (χ1v) is 5.89. The molecule has 3 nitrogen and oxygen atoms in total. The summed E-state index contributed by atoms with van der Waals surface area (Å²) in [6.07, 6.45) is 2.17. The van der Waals surface area contributed by atoms with Gasteiger partial charge in [0, 0.05) is 12.8 Å². The van der Waals surface area contributed by atoms with Crippen LogP contribution in [-0.4, -0.2) is 21.8 Å². The lowest BCUT2D eigenvalue weighted by Gasteiger charge is -2.19. The number of benzene rings is 1. The van der Waals surface area contributed by atoms with Crippen molar-refractivity contribution < 1.29 is 15.0 Å². The lowest BCUT2D eigenvalue weighted by Crippen LogP contribution is -2.22. The zero-order valence-electron chi connectivity index (χ0n) is 10.4. The van der Waals surface area contributed by atoms with E-state index in [0.717, 1.165) is 17.5 Å². The fourth-order valence-electron chi connectivity index (χ4n) is 1.87. The number of hydrogen-bond donors (Lipinski definition) is 2. The quantitative estimate of drug-likeness (QED) is 0.797. The van der Waals surface area contributed by atoms with E-state index in [9.17, 15) is 9.90 Å². The van der Waals surface area contributed by atoms with Crippen LogP contribution in [0, 0.1) is 0 Å². The minimum atomic E-state index is -0.759. The second kappa shape index (κ2) is 5.82. The normalized spacial score (nSPS) is 11.5. The average molecular weight is 236 g/mol. The van der Waals surface area contributed by atoms with Crippen molar-refractivity contribution in [1.82, 2.24) is 0 Å². The molecule has 17 heavy (non-hydrogen) atoms. The predicted molar refractivity (Wildman–Crippen MR) is 67.0 cm³/mol. The van der Waals surface area contributed by atoms with E-state index in [1.54, 1.807) is 13.8 Å². The summed E-state index contributed by atoms with van der Waals surface area (Å²) in [6, 6.07) is 7.89. The van der Waals surface area contributed by atoms with Gasteiger partial charge in [-0.05, 0) is 37.8 Å². The molecular weight excluding hydrogens is 216 g/mol. The van der Waals surface area contributed by atoms with E-state index in [1.165, 1.54) is 0 Å². The number of aliphatic hydroxyl groups is 1. The van der Waals surface area contributed by atoms with Gasteiger partial charge in [0.1, 0.15) is 0 Å². The lowest BCUT2D eigenvalue weighted by atomic mass is 9.93. The molecule has 0 spiro atoms. The Balaban J connectivity index is 2.67. The van der Waals surface area contributed by atoms with Crippen LogP contribution in [0.3, 0.4) is 0 Å². The molecule has 0 amide bonds. The molecular formula is C14H20O3. The Morgan fingerprint density at radius 2 is 1.82 bits per heavy atom. The van der Waals surface area contributed by atoms with Crippen molar-refractivity contribution in [2.24, 2.45) is 0 Å². The predicted octanol–water partition coefficient (Wildman–Crippen LogP) is 2.41. The van der Waals surface area contributed by atoms with Gasteiger partial charge in [-0.3, -0.25) is 4.79 Å². The van der Waals surface area contributed by atoms with E-state index in [4.69, 9.17) is 5.11 Å². The summed E-state index contributed by atoms with van der Waals surface area (Å²) >= 11 is 0. The highest BCUT2D eigenvalue weighted by Crippen LogP contribution is 2.18. The van der Waals surface area contributed by atoms with Crippen molar-refractivity contribution in [1.29, 1.82) is 0 Å². The molecule has 0 aromatic heterocycles. The van der Waals surface area contributed by atoms with Crippen LogP contribution in [-0.2, 0) is 17.6 Å². The van der Waals surface area contributed by atoms with Gasteiger partial charge in [-0.2, -0.15) is 0 Å². The zero-order valence-corrected chi connectivity index (χ0v) is 10.4. The van der Waals surface area contributed by atoms with Crippen molar-refractivity contribution in [3.63, 3.8) is 0 Å². The van der Waals surface area contributed by atoms with E-state index < -0.39 is 11.6 Å². The molecule has 0 radical (unpaired) electrons. The topological polar surface area (TPSA) is 57.5 Å². The number of aliphatic carboxylic acids is 1. The van der Waals surface area contributed by atoms with Crippen molar-refractivity contribution in [3.05, 3.63) is 35.4 Å². The highest BCUT2D eigenvalue weighted by molar-refractivity contribution is 5.66. The molecule has 1 aromatic carbocycles. The van der Waals surface area contributed by atoms with Gasteiger partial charge < -0.3 is 10.2 Å². The SMILES string of the molecule is CC(C)(O)Cc1ccccc1CCCC(=O)O. The third-order valence-corrected chi connectivity index (χ3v) is 2.58. The molecule has 0 aliphatic heterocycles. The molecule has 0 aliphatic rings. The summed E-state index contributed by atoms with van der Waals surface area (Å²) < 4.78 is 0. The fraction of sp³-hybridized carbons (Fsp3) is 0.500. The molecule has 0 atom stereocenters. The minimum Gasteiger partial charge on any atom is -0.481 e. The monoisotopic (exact) mass is 236 g/mol. The summed E-state index contributed by atoms with van der Waals surface area (Å²) in [7, 11) is 0. The second-order valence-electron chi connectivity index (χ2n) is 5.01. The molecule has 0 bridgehead atoms. The van der Waals surface area contributed by atoms with E-state index in [0.29, 0.717) is 12.8 Å². The fourth-order valence-corrected chi connectivity index (χ4v) is 1.87. The van der Waals surface area contributed by atoms with Crippen LogP contribution in [0.1, 0.15) is 37.8 Å². The molecule has 0 aliphatic carbocycles. The molecule has 0 unspecified atom stereocenters. The van der Waals surface area contributed by atoms with Crippen LogP contribution >= 0.6 is 0 Å². The van der Waals surface area contributed by atoms with Crippen LogP contribution < -0.4 is 0 Å². The van der Waals surface area contributed by atoms with Crippen LogP contribution in [0.15, 0.2) is 24.3 Å². The first kappa shape index (κ1) is 13.7. The Morgan fingerprint density at radius 3 is 2.35 bits per heavy atom. The van der Waals surface area contributed by atoms with Crippen LogP contribution in [0.5, 0.6) is 0 Å². The maximum atomic E-state index is 10.5. The second-order valence-corrected chi connectivity index (χ2v) is 5.01. The molecule has 1 aromatic rings. The summed E-state index contributed by atoms with van der Waals surface area (Å²) in [6.45, 7) is 3.56. The number of hydrogen-bond acceptors (Lipinski definition) is 2. The molecule has 1 rings (SSSR count). The van der Waals surface area contributed by atoms with Crippen molar-refractivity contribution in [2.45, 2.75) is 45.1 Å². The summed E-state index contributed by atoms with van der Waals surface area (Å²) in [5.74, 6) is -0.759. The Bertz CT molecular complexity index is 377. The maximum absolute atomic E-state index is 10.5. The lowest BCUT2D eigenvalue weighted by molar-refractivity contribution is -0.137. The number of aryl methyl sites for hydroxylation is 1. The Hall–Kier alpha value is -1.35. The van der Waals surface area contributed by atoms with Crippen molar-refractivity contribution in [3.8, 4) is 0 Å². The standard InChI is InChI=1S/C14H20O3/c1-14(2,17)10-12-7-4-3-6-11(12)8-5-9-13(15)16/h3-4,6-7,17H,5,8-10H2,1-2H3,(H,15,16). The molecule has 0 saturated heterocycles. The minimum absolute atomic E-state index is 0.191. The third kappa shape index (κ3) is 5.50. The van der Waals surface area contributed by atoms with Gasteiger partial charge in [0.25, 0.3) is 0 Å². The van der Waals surface area contributed by atoms with Gasteiger partial charge in [0.2, 0.25) is 0 Å². The van der Waals surface area contributed by atoms with Gasteiger partial charge in [-0.1, -0.05) is 24.3 Å². The van der Waals surface area contributed by atoms with Crippen LogP contribution in [0.2, 0.25) is 0 Å². The van der Waals surface area contributed by atoms with Gasteiger partial charge in [-0.15, -0.1) is 0 Å². The zero-order chi connectivity index (χ0) is 12.9. The van der Waals surface area contributed by atoms with E-state index in [-0.39, 0.29) is 6.42 Å². The molecule has 0 fully saturated rings. The number of rotatable bonds is 6. The highest BCUT2D eigenvalue weighted by Gasteiger charge is 2.15. The van der Waals surface area contributed by atoms with Gasteiger partial charge >= 0.3 is 5.97 Å². The molecule has 2 N–H and O–H groups in total. The van der Waals surface area contributed by atoms with Gasteiger partial charge in [0.15, 0.2) is 0 Å². The van der Waals surface area contributed by atoms with Gasteiger partial charge in [0.05, 0.1) is 5.60 Å². The Labute approximate surface area is 102 Å². The first-order chi connectivity index (χ1) is 7.88. The third-order valence-electron chi connectivity index (χ3n) is 2.58. The Kier molecular flexibility index (Phi) is 4.70. The van der Waals surface area contributed by atoms with Crippen LogP contribution in [0.25, 0.3) is 0 Å². The largest absolute Gasteiger partial charge is 0.481 e. The van der Waals surface area contributed by atoms with Crippen molar-refractivity contribution in [2.75, 3.05) is 0 Å². The smallest absolute Gasteiger partial charge is 0.303 e.